The van der Waals surface area contributed by atoms with Crippen LogP contribution in [-0.2, 0) is 4.79 Å². The quantitative estimate of drug-likeness (QED) is 0.526. The summed E-state index contributed by atoms with van der Waals surface area (Å²) in [5, 5.41) is 2.44. The molecule has 0 aromatic heterocycles. The maximum Gasteiger partial charge on any atom is 0.232 e. The van der Waals surface area contributed by atoms with Gasteiger partial charge in [-0.2, -0.15) is 12.6 Å². The van der Waals surface area contributed by atoms with E-state index in [2.05, 4.69) is 17.9 Å². The summed E-state index contributed by atoms with van der Waals surface area (Å²) in [6, 6.07) is 0. The van der Waals surface area contributed by atoms with Crippen molar-refractivity contribution in [2.45, 2.75) is 19.1 Å². The first-order valence-corrected chi connectivity index (χ1v) is 3.16. The van der Waals surface area contributed by atoms with E-state index in [0.29, 0.717) is 6.54 Å². The van der Waals surface area contributed by atoms with Crippen molar-refractivity contribution >= 4 is 18.5 Å². The highest BCUT2D eigenvalue weighted by atomic mass is 32.1. The van der Waals surface area contributed by atoms with Gasteiger partial charge in [-0.3, -0.25) is 4.79 Å². The summed E-state index contributed by atoms with van der Waals surface area (Å²) in [6.07, 6.45) is 0. The Morgan fingerprint density at radius 3 is 2.50 bits per heavy atom. The summed E-state index contributed by atoms with van der Waals surface area (Å²) in [7, 11) is 0. The molecule has 48 valence electrons. The fraction of sp³-hybridized carbons (Fsp3) is 0.800. The zero-order valence-corrected chi connectivity index (χ0v) is 6.03. The van der Waals surface area contributed by atoms with Gasteiger partial charge >= 0.3 is 0 Å². The highest BCUT2D eigenvalue weighted by molar-refractivity contribution is 7.81. The van der Waals surface area contributed by atoms with E-state index < -0.39 is 0 Å². The minimum Gasteiger partial charge on any atom is -0.355 e. The minimum absolute atomic E-state index is 0.00386. The first-order chi connectivity index (χ1) is 3.68. The molecule has 0 aliphatic heterocycles. The highest BCUT2D eigenvalue weighted by Crippen LogP contribution is 1.89. The number of carbonyl (C=O) groups is 1. The lowest BCUT2D eigenvalue weighted by atomic mass is 10.4. The molecular formula is C5H11NOS. The average Bonchev–Trinajstić information content (AvgIpc) is 1.67. The second-order valence-electron chi connectivity index (χ2n) is 1.57. The van der Waals surface area contributed by atoms with Gasteiger partial charge in [0, 0.05) is 6.54 Å². The van der Waals surface area contributed by atoms with Crippen LogP contribution in [0.25, 0.3) is 0 Å². The van der Waals surface area contributed by atoms with Gasteiger partial charge in [-0.1, -0.05) is 0 Å². The van der Waals surface area contributed by atoms with Crippen molar-refractivity contribution in [3.63, 3.8) is 0 Å². The molecule has 1 atom stereocenters. The summed E-state index contributed by atoms with van der Waals surface area (Å²) in [5.74, 6) is -0.00386. The van der Waals surface area contributed by atoms with Crippen LogP contribution in [0.3, 0.4) is 0 Å². The molecule has 1 amide bonds. The first kappa shape index (κ1) is 7.82. The molecule has 0 bridgehead atoms. The van der Waals surface area contributed by atoms with E-state index in [1.807, 2.05) is 6.92 Å². The number of hydrogen-bond donors (Lipinski definition) is 2. The van der Waals surface area contributed by atoms with Gasteiger partial charge in [0.25, 0.3) is 0 Å². The Kier molecular flexibility index (Phi) is 3.69. The summed E-state index contributed by atoms with van der Waals surface area (Å²) in [5.41, 5.74) is 0. The first-order valence-electron chi connectivity index (χ1n) is 2.64. The van der Waals surface area contributed by atoms with Gasteiger partial charge in [-0.25, -0.2) is 0 Å². The number of nitrogens with one attached hydrogen (secondary N) is 1. The van der Waals surface area contributed by atoms with Crippen molar-refractivity contribution in [3.8, 4) is 0 Å². The van der Waals surface area contributed by atoms with Crippen molar-refractivity contribution in [3.05, 3.63) is 0 Å². The molecule has 0 saturated heterocycles. The molecule has 0 spiro atoms. The van der Waals surface area contributed by atoms with E-state index in [1.54, 1.807) is 6.92 Å². The van der Waals surface area contributed by atoms with Crippen molar-refractivity contribution in [2.75, 3.05) is 6.54 Å². The van der Waals surface area contributed by atoms with Crippen molar-refractivity contribution < 1.29 is 4.79 Å². The molecule has 1 N–H and O–H groups in total. The van der Waals surface area contributed by atoms with E-state index >= 15 is 0 Å². The maximum absolute atomic E-state index is 10.6. The van der Waals surface area contributed by atoms with E-state index in [-0.39, 0.29) is 11.2 Å². The third kappa shape index (κ3) is 2.91. The maximum atomic E-state index is 10.6. The molecule has 8 heavy (non-hydrogen) atoms. The third-order valence-corrected chi connectivity index (χ3v) is 0.965. The van der Waals surface area contributed by atoms with Gasteiger partial charge in [0.15, 0.2) is 0 Å². The molecule has 2 nitrogen and oxygen atoms in total. The second-order valence-corrected chi connectivity index (χ2v) is 2.35. The van der Waals surface area contributed by atoms with E-state index in [0.717, 1.165) is 0 Å². The van der Waals surface area contributed by atoms with Crippen LogP contribution < -0.4 is 5.32 Å². The minimum atomic E-state index is -0.185. The topological polar surface area (TPSA) is 29.1 Å². The van der Waals surface area contributed by atoms with Gasteiger partial charge in [-0.05, 0) is 13.8 Å². The Labute approximate surface area is 55.1 Å². The SMILES string of the molecule is CCNC(=O)[C@H](C)S. The molecule has 0 radical (unpaired) electrons. The molecule has 0 rings (SSSR count). The van der Waals surface area contributed by atoms with Crippen LogP contribution in [0.5, 0.6) is 0 Å². The van der Waals surface area contributed by atoms with Crippen LogP contribution in [0.4, 0.5) is 0 Å². The molecular weight excluding hydrogens is 122 g/mol. The monoisotopic (exact) mass is 133 g/mol. The van der Waals surface area contributed by atoms with Gasteiger partial charge in [0.05, 0.1) is 5.25 Å². The largest absolute Gasteiger partial charge is 0.355 e. The smallest absolute Gasteiger partial charge is 0.232 e. The van der Waals surface area contributed by atoms with Crippen LogP contribution >= 0.6 is 12.6 Å². The van der Waals surface area contributed by atoms with Crippen molar-refractivity contribution in [1.82, 2.24) is 5.32 Å². The predicted molar refractivity (Wildman–Crippen MR) is 37.1 cm³/mol. The number of rotatable bonds is 2. The number of amides is 1. The van der Waals surface area contributed by atoms with Crippen molar-refractivity contribution in [1.29, 1.82) is 0 Å². The van der Waals surface area contributed by atoms with E-state index in [1.165, 1.54) is 0 Å². The number of thiol groups is 1. The highest BCUT2D eigenvalue weighted by Gasteiger charge is 2.03. The summed E-state index contributed by atoms with van der Waals surface area (Å²) in [4.78, 5) is 10.6. The van der Waals surface area contributed by atoms with Crippen LogP contribution in [0.2, 0.25) is 0 Å². The van der Waals surface area contributed by atoms with E-state index in [9.17, 15) is 4.79 Å². The molecule has 0 heterocycles. The van der Waals surface area contributed by atoms with Crippen LogP contribution in [0, 0.1) is 0 Å². The fourth-order valence-corrected chi connectivity index (χ4v) is 0.413. The van der Waals surface area contributed by atoms with Gasteiger partial charge in [0.1, 0.15) is 0 Å². The Balaban J connectivity index is 3.33. The van der Waals surface area contributed by atoms with Crippen LogP contribution in [0.1, 0.15) is 13.8 Å². The average molecular weight is 133 g/mol. The predicted octanol–water partition coefficient (Wildman–Crippen LogP) is 0.441. The second kappa shape index (κ2) is 3.78. The lowest BCUT2D eigenvalue weighted by molar-refractivity contribution is -0.120. The molecule has 0 aliphatic carbocycles. The molecule has 0 aromatic carbocycles. The van der Waals surface area contributed by atoms with Gasteiger partial charge in [-0.15, -0.1) is 0 Å². The molecule has 3 heteroatoms. The lowest BCUT2D eigenvalue weighted by Crippen LogP contribution is -2.29. The van der Waals surface area contributed by atoms with Gasteiger partial charge in [0.2, 0.25) is 5.91 Å². The summed E-state index contributed by atoms with van der Waals surface area (Å²) >= 11 is 3.91. The Morgan fingerprint density at radius 2 is 2.38 bits per heavy atom. The molecule has 0 aromatic rings. The normalized spacial score (nSPS) is 12.9. The molecule has 0 fully saturated rings. The third-order valence-electron chi connectivity index (χ3n) is 0.730. The van der Waals surface area contributed by atoms with Crippen LogP contribution in [-0.4, -0.2) is 17.7 Å². The molecule has 0 aliphatic rings. The summed E-state index contributed by atoms with van der Waals surface area (Å²) < 4.78 is 0. The van der Waals surface area contributed by atoms with Gasteiger partial charge < -0.3 is 5.32 Å². The van der Waals surface area contributed by atoms with Crippen molar-refractivity contribution in [2.24, 2.45) is 0 Å². The van der Waals surface area contributed by atoms with Crippen LogP contribution in [0.15, 0.2) is 0 Å². The summed E-state index contributed by atoms with van der Waals surface area (Å²) in [6.45, 7) is 4.31. The zero-order valence-electron chi connectivity index (χ0n) is 5.14. The fourth-order valence-electron chi connectivity index (χ4n) is 0.322. The lowest BCUT2D eigenvalue weighted by Gasteiger charge is -2.01. The molecule has 0 saturated carbocycles. The standard InChI is InChI=1S/C5H11NOS/c1-3-6-5(7)4(2)8/h4,8H,3H2,1-2H3,(H,6,7)/t4-/m0/s1. The number of hydrogen-bond acceptors (Lipinski definition) is 2. The number of carbonyl (C=O) groups excluding carboxylic acids is 1. The molecule has 0 unspecified atom stereocenters. The Hall–Kier alpha value is -0.180. The zero-order chi connectivity index (χ0) is 6.57. The van der Waals surface area contributed by atoms with E-state index in [4.69, 9.17) is 0 Å². The Bertz CT molecular complexity index is 82.5. The Morgan fingerprint density at radius 1 is 1.88 bits per heavy atom.